The third-order valence-electron chi connectivity index (χ3n) is 9.36. The Morgan fingerprint density at radius 1 is 0.707 bits per heavy atom. The molecule has 2 N–H and O–H groups in total. The number of hydrogen-bond donors (Lipinski definition) is 2. The van der Waals surface area contributed by atoms with Crippen LogP contribution in [0.15, 0.2) is 9.98 Å². The Labute approximate surface area is 240 Å². The standard InChI is InChI=1S/C27H42N10O4/c1-16-8-5-10-34(14-16)24-28-20-18(22(38)30-26(40)32(20)3)36(24)12-7-13-37-19-21(33(4)27(41)31-23(19)39)29-25(37)35-11-6-9-17(2)15-35/h16-21H,5-15H2,1-4H3,(H,30,38,40)(H,31,39,41). The molecule has 6 aliphatic rings. The van der Waals surface area contributed by atoms with Crippen LogP contribution in [0.1, 0.15) is 46.0 Å². The van der Waals surface area contributed by atoms with Crippen molar-refractivity contribution in [3.63, 3.8) is 0 Å². The van der Waals surface area contributed by atoms with Gasteiger partial charge >= 0.3 is 12.1 Å². The Hall–Kier alpha value is -3.58. The lowest BCUT2D eigenvalue weighted by atomic mass is 10.0. The van der Waals surface area contributed by atoms with Crippen molar-refractivity contribution in [2.24, 2.45) is 21.8 Å². The number of nitrogens with one attached hydrogen (secondary N) is 2. The Kier molecular flexibility index (Phi) is 7.18. The van der Waals surface area contributed by atoms with Gasteiger partial charge < -0.3 is 29.4 Å². The number of carbonyl (C=O) groups excluding carboxylic acids is 4. The SMILES string of the molecule is CC1CCCN(C2=NC3C(C(=O)NC(=O)N3C)N2CCCN2C(N3CCCC(C)C3)=NC3C2C(=O)NC(=O)N3C)C1. The summed E-state index contributed by atoms with van der Waals surface area (Å²) < 4.78 is 0. The second kappa shape index (κ2) is 10.7. The molecule has 224 valence electrons. The highest BCUT2D eigenvalue weighted by molar-refractivity contribution is 6.04. The maximum Gasteiger partial charge on any atom is 0.325 e. The number of aliphatic imine (C=N–C) groups is 2. The highest BCUT2D eigenvalue weighted by Gasteiger charge is 2.52. The van der Waals surface area contributed by atoms with Gasteiger partial charge in [-0.3, -0.25) is 20.2 Å². The van der Waals surface area contributed by atoms with E-state index in [4.69, 9.17) is 9.98 Å². The Morgan fingerprint density at radius 3 is 1.51 bits per heavy atom. The number of piperidine rings is 2. The van der Waals surface area contributed by atoms with Gasteiger partial charge in [0, 0.05) is 53.4 Å². The topological polar surface area (TPSA) is 136 Å². The molecule has 4 saturated heterocycles. The summed E-state index contributed by atoms with van der Waals surface area (Å²) in [6, 6.07) is -2.08. The van der Waals surface area contributed by atoms with Crippen LogP contribution in [-0.2, 0) is 9.59 Å². The molecule has 6 rings (SSSR count). The molecule has 14 nitrogen and oxygen atoms in total. The average molecular weight is 571 g/mol. The lowest BCUT2D eigenvalue weighted by Gasteiger charge is -2.41. The fraction of sp³-hybridized carbons (Fsp3) is 0.778. The molecule has 0 aliphatic carbocycles. The first-order valence-electron chi connectivity index (χ1n) is 15.0. The molecular formula is C27H42N10O4. The summed E-state index contributed by atoms with van der Waals surface area (Å²) in [5, 5.41) is 4.98. The van der Waals surface area contributed by atoms with Gasteiger partial charge in [-0.2, -0.15) is 0 Å². The zero-order chi connectivity index (χ0) is 29.0. The van der Waals surface area contributed by atoms with Gasteiger partial charge in [0.15, 0.2) is 36.3 Å². The maximum absolute atomic E-state index is 13.1. The molecule has 14 heteroatoms. The normalized spacial score (nSPS) is 34.0. The molecule has 6 heterocycles. The number of amides is 6. The van der Waals surface area contributed by atoms with E-state index in [0.29, 0.717) is 31.3 Å². The predicted molar refractivity (Wildman–Crippen MR) is 151 cm³/mol. The second-order valence-electron chi connectivity index (χ2n) is 12.5. The van der Waals surface area contributed by atoms with Gasteiger partial charge in [-0.25, -0.2) is 19.6 Å². The van der Waals surface area contributed by atoms with Gasteiger partial charge in [0.2, 0.25) is 0 Å². The molecule has 6 unspecified atom stereocenters. The number of nitrogens with zero attached hydrogens (tertiary/aromatic N) is 8. The summed E-state index contributed by atoms with van der Waals surface area (Å²) in [4.78, 5) is 72.5. The summed E-state index contributed by atoms with van der Waals surface area (Å²) in [6.07, 6.45) is 3.90. The number of likely N-dealkylation sites (tertiary alicyclic amines) is 2. The summed E-state index contributed by atoms with van der Waals surface area (Å²) >= 11 is 0. The van der Waals surface area contributed by atoms with Gasteiger partial charge in [0.25, 0.3) is 11.8 Å². The lowest BCUT2D eigenvalue weighted by molar-refractivity contribution is -0.127. The Balaban J connectivity index is 1.23. The Morgan fingerprint density at radius 2 is 1.12 bits per heavy atom. The van der Waals surface area contributed by atoms with Crippen molar-refractivity contribution < 1.29 is 19.2 Å². The zero-order valence-electron chi connectivity index (χ0n) is 24.5. The third kappa shape index (κ3) is 4.84. The van der Waals surface area contributed by atoms with E-state index >= 15 is 0 Å². The molecule has 6 amide bonds. The fourth-order valence-electron chi connectivity index (χ4n) is 7.18. The Bertz CT molecular complexity index is 1090. The largest absolute Gasteiger partial charge is 0.342 e. The quantitative estimate of drug-likeness (QED) is 0.480. The number of imide groups is 2. The van der Waals surface area contributed by atoms with E-state index in [1.54, 1.807) is 14.1 Å². The third-order valence-corrected chi connectivity index (χ3v) is 9.36. The molecule has 0 spiro atoms. The summed E-state index contributed by atoms with van der Waals surface area (Å²) in [6.45, 7) is 8.93. The van der Waals surface area contributed by atoms with Gasteiger partial charge in [-0.1, -0.05) is 13.8 Å². The number of fused-ring (bicyclic) bond motifs is 2. The average Bonchev–Trinajstić information content (AvgIpc) is 3.51. The number of likely N-dealkylation sites (N-methyl/N-ethyl adjacent to an activating group) is 2. The van der Waals surface area contributed by atoms with Gasteiger partial charge in [0.1, 0.15) is 0 Å². The van der Waals surface area contributed by atoms with Crippen LogP contribution in [0.5, 0.6) is 0 Å². The minimum absolute atomic E-state index is 0.334. The van der Waals surface area contributed by atoms with Crippen LogP contribution >= 0.6 is 0 Å². The molecular weight excluding hydrogens is 528 g/mol. The summed E-state index contributed by atoms with van der Waals surface area (Å²) in [5.74, 6) is 1.89. The van der Waals surface area contributed by atoms with Crippen LogP contribution in [0.4, 0.5) is 9.59 Å². The monoisotopic (exact) mass is 570 g/mol. The van der Waals surface area contributed by atoms with E-state index < -0.39 is 36.5 Å². The first-order chi connectivity index (χ1) is 19.6. The predicted octanol–water partition coefficient (Wildman–Crippen LogP) is -0.0639. The fourth-order valence-corrected chi connectivity index (χ4v) is 7.18. The van der Waals surface area contributed by atoms with Gasteiger partial charge in [-0.15, -0.1) is 0 Å². The summed E-state index contributed by atoms with van der Waals surface area (Å²) in [5.41, 5.74) is 0. The minimum Gasteiger partial charge on any atom is -0.342 e. The van der Waals surface area contributed by atoms with Crippen LogP contribution in [-0.4, -0.2) is 143 Å². The van der Waals surface area contributed by atoms with E-state index in [0.717, 1.165) is 63.8 Å². The molecule has 6 atom stereocenters. The van der Waals surface area contributed by atoms with Crippen LogP contribution in [0.25, 0.3) is 0 Å². The second-order valence-corrected chi connectivity index (χ2v) is 12.5. The molecule has 6 aliphatic heterocycles. The molecule has 0 aromatic carbocycles. The van der Waals surface area contributed by atoms with Gasteiger partial charge in [0.05, 0.1) is 0 Å². The number of hydrogen-bond acceptors (Lipinski definition) is 10. The number of guanidine groups is 2. The zero-order valence-corrected chi connectivity index (χ0v) is 24.5. The highest BCUT2D eigenvalue weighted by atomic mass is 16.2. The van der Waals surface area contributed by atoms with Crippen molar-refractivity contribution in [3.8, 4) is 0 Å². The number of carbonyl (C=O) groups is 4. The van der Waals surface area contributed by atoms with Crippen LogP contribution in [0, 0.1) is 11.8 Å². The van der Waals surface area contributed by atoms with Crippen LogP contribution in [0.3, 0.4) is 0 Å². The van der Waals surface area contributed by atoms with E-state index in [1.165, 1.54) is 9.80 Å². The highest BCUT2D eigenvalue weighted by Crippen LogP contribution is 2.30. The first-order valence-corrected chi connectivity index (χ1v) is 15.0. The van der Waals surface area contributed by atoms with Crippen molar-refractivity contribution in [2.75, 3.05) is 53.4 Å². The first kappa shape index (κ1) is 27.6. The lowest BCUT2D eigenvalue weighted by Crippen LogP contribution is -2.65. The molecule has 4 fully saturated rings. The number of urea groups is 2. The molecule has 41 heavy (non-hydrogen) atoms. The minimum atomic E-state index is -0.603. The summed E-state index contributed by atoms with van der Waals surface area (Å²) in [7, 11) is 3.35. The number of rotatable bonds is 4. The van der Waals surface area contributed by atoms with Crippen molar-refractivity contribution >= 4 is 35.8 Å². The molecule has 0 aromatic heterocycles. The molecule has 0 radical (unpaired) electrons. The van der Waals surface area contributed by atoms with E-state index in [1.807, 2.05) is 9.80 Å². The smallest absolute Gasteiger partial charge is 0.325 e. The van der Waals surface area contributed by atoms with E-state index in [-0.39, 0.29) is 11.8 Å². The molecule has 0 bridgehead atoms. The van der Waals surface area contributed by atoms with Crippen molar-refractivity contribution in [3.05, 3.63) is 0 Å². The van der Waals surface area contributed by atoms with E-state index in [2.05, 4.69) is 34.3 Å². The molecule has 0 saturated carbocycles. The van der Waals surface area contributed by atoms with Crippen molar-refractivity contribution in [1.29, 1.82) is 0 Å². The van der Waals surface area contributed by atoms with Crippen molar-refractivity contribution in [1.82, 2.24) is 40.0 Å². The van der Waals surface area contributed by atoms with Crippen LogP contribution < -0.4 is 10.6 Å². The van der Waals surface area contributed by atoms with Crippen molar-refractivity contribution in [2.45, 2.75) is 70.4 Å². The van der Waals surface area contributed by atoms with E-state index in [9.17, 15) is 19.2 Å². The van der Waals surface area contributed by atoms with Crippen LogP contribution in [0.2, 0.25) is 0 Å². The maximum atomic E-state index is 13.1. The molecule has 0 aromatic rings. The van der Waals surface area contributed by atoms with Gasteiger partial charge in [-0.05, 0) is 43.9 Å².